The summed E-state index contributed by atoms with van der Waals surface area (Å²) < 4.78 is 20.4. The van der Waals surface area contributed by atoms with E-state index in [1.54, 1.807) is 6.92 Å². The molecule has 1 unspecified atom stereocenters. The second-order valence-corrected chi connectivity index (χ2v) is 6.75. The first-order valence-corrected chi connectivity index (χ1v) is 6.96. The zero-order valence-electron chi connectivity index (χ0n) is 9.48. The van der Waals surface area contributed by atoms with Crippen molar-refractivity contribution in [3.05, 3.63) is 0 Å². The number of hydrogen-bond acceptors (Lipinski definition) is 6. The van der Waals surface area contributed by atoms with Crippen LogP contribution in [0.3, 0.4) is 0 Å². The van der Waals surface area contributed by atoms with Gasteiger partial charge in [-0.3, -0.25) is 4.79 Å². The fourth-order valence-electron chi connectivity index (χ4n) is 0.953. The van der Waals surface area contributed by atoms with Crippen molar-refractivity contribution < 1.29 is 22.8 Å². The van der Waals surface area contributed by atoms with Crippen molar-refractivity contribution in [3.8, 4) is 0 Å². The normalized spacial score (nSPS) is 13.7. The topological polar surface area (TPSA) is 54.0 Å². The van der Waals surface area contributed by atoms with E-state index in [-0.39, 0.29) is 12.6 Å². The molecule has 0 rings (SSSR count). The molecule has 0 aliphatic heterocycles. The summed E-state index contributed by atoms with van der Waals surface area (Å²) in [6, 6.07) is 0.433. The number of hydrogen-bond donors (Lipinski definition) is 1. The molecule has 0 aliphatic rings. The molecule has 0 bridgehead atoms. The van der Waals surface area contributed by atoms with Crippen LogP contribution >= 0.6 is 12.6 Å². The third-order valence-electron chi connectivity index (χ3n) is 1.93. The number of thiol groups is 1. The van der Waals surface area contributed by atoms with Gasteiger partial charge in [0, 0.05) is 21.3 Å². The minimum Gasteiger partial charge on any atom is -0.465 e. The lowest BCUT2D eigenvalue weighted by Crippen LogP contribution is -2.44. The van der Waals surface area contributed by atoms with E-state index in [0.717, 1.165) is 0 Å². The second kappa shape index (κ2) is 7.23. The third kappa shape index (κ3) is 4.98. The van der Waals surface area contributed by atoms with Crippen LogP contribution in [0.1, 0.15) is 6.92 Å². The van der Waals surface area contributed by atoms with Crippen LogP contribution in [0.25, 0.3) is 0 Å². The molecule has 0 saturated carbocycles. The number of carbonyl (C=O) groups is 1. The molecule has 0 fully saturated rings. The fourth-order valence-corrected chi connectivity index (χ4v) is 2.49. The van der Waals surface area contributed by atoms with Crippen molar-refractivity contribution in [2.24, 2.45) is 0 Å². The van der Waals surface area contributed by atoms with Crippen LogP contribution in [0.4, 0.5) is 0 Å². The largest absolute Gasteiger partial charge is 0.503 e. The molecule has 0 radical (unpaired) electrons. The minimum absolute atomic E-state index is 0.214. The number of ether oxygens (including phenoxy) is 1. The molecule has 1 atom stereocenters. The van der Waals surface area contributed by atoms with Crippen LogP contribution < -0.4 is 0 Å². The molecule has 0 aromatic carbocycles. The summed E-state index contributed by atoms with van der Waals surface area (Å²) in [5.74, 6) is -0.357. The summed E-state index contributed by atoms with van der Waals surface area (Å²) in [7, 11) is 1.93. The van der Waals surface area contributed by atoms with Crippen molar-refractivity contribution in [1.82, 2.24) is 0 Å². The van der Waals surface area contributed by atoms with Gasteiger partial charge in [0.25, 0.3) is 0 Å². The zero-order valence-corrected chi connectivity index (χ0v) is 11.4. The van der Waals surface area contributed by atoms with Gasteiger partial charge in [0.2, 0.25) is 0 Å². The molecule has 5 nitrogen and oxygen atoms in total. The molecule has 7 heteroatoms. The van der Waals surface area contributed by atoms with Crippen molar-refractivity contribution >= 4 is 27.4 Å². The number of esters is 1. The second-order valence-electron chi connectivity index (χ2n) is 2.89. The van der Waals surface area contributed by atoms with Crippen LogP contribution in [-0.2, 0) is 22.8 Å². The lowest BCUT2D eigenvalue weighted by Gasteiger charge is -2.24. The Labute approximate surface area is 96.8 Å². The van der Waals surface area contributed by atoms with Crippen LogP contribution in [0, 0.1) is 0 Å². The Kier molecular flexibility index (Phi) is 7.19. The number of rotatable bonds is 7. The van der Waals surface area contributed by atoms with Crippen molar-refractivity contribution in [2.75, 3.05) is 27.9 Å². The Hall–Kier alpha value is -0.0831. The summed E-state index contributed by atoms with van der Waals surface area (Å²) in [6.45, 7) is 1.87. The molecule has 0 N–H and O–H groups in total. The molecule has 0 amide bonds. The van der Waals surface area contributed by atoms with Gasteiger partial charge in [0.05, 0.1) is 17.9 Å². The smallest absolute Gasteiger partial charge is 0.465 e. The van der Waals surface area contributed by atoms with Gasteiger partial charge in [-0.05, 0) is 6.92 Å². The molecule has 0 spiro atoms. The van der Waals surface area contributed by atoms with Crippen molar-refractivity contribution in [1.29, 1.82) is 0 Å². The maximum Gasteiger partial charge on any atom is 0.503 e. The molecule has 0 heterocycles. The van der Waals surface area contributed by atoms with Crippen molar-refractivity contribution in [3.63, 3.8) is 0 Å². The predicted molar refractivity (Wildman–Crippen MR) is 61.0 cm³/mol. The Morgan fingerprint density at radius 1 is 1.27 bits per heavy atom. The SMILES string of the molecule is CO[Si](CCOC(=O)C(C)S)(OC)OC. The van der Waals surface area contributed by atoms with E-state index in [1.807, 2.05) is 0 Å². The quantitative estimate of drug-likeness (QED) is 0.412. The first-order valence-electron chi connectivity index (χ1n) is 4.51. The molecule has 0 aromatic heterocycles. The van der Waals surface area contributed by atoms with E-state index in [9.17, 15) is 4.79 Å². The summed E-state index contributed by atoms with van der Waals surface area (Å²) in [4.78, 5) is 11.1. The molecule has 90 valence electrons. The van der Waals surface area contributed by atoms with Crippen LogP contribution in [0.15, 0.2) is 0 Å². The van der Waals surface area contributed by atoms with E-state index >= 15 is 0 Å². The Bertz CT molecular complexity index is 187. The van der Waals surface area contributed by atoms with Gasteiger partial charge in [-0.2, -0.15) is 12.6 Å². The summed E-state index contributed by atoms with van der Waals surface area (Å²) in [6.07, 6.45) is 0. The van der Waals surface area contributed by atoms with Gasteiger partial charge in [-0.25, -0.2) is 0 Å². The first-order chi connectivity index (χ1) is 7.01. The highest BCUT2D eigenvalue weighted by molar-refractivity contribution is 7.81. The van der Waals surface area contributed by atoms with Crippen LogP contribution in [-0.4, -0.2) is 48.0 Å². The average Bonchev–Trinajstić information content (AvgIpc) is 2.24. The predicted octanol–water partition coefficient (Wildman–Crippen LogP) is 0.726. The highest BCUT2D eigenvalue weighted by atomic mass is 32.1. The fraction of sp³-hybridized carbons (Fsp3) is 0.875. The van der Waals surface area contributed by atoms with Crippen molar-refractivity contribution in [2.45, 2.75) is 18.2 Å². The summed E-state index contributed by atoms with van der Waals surface area (Å²) in [5.41, 5.74) is 0. The standard InChI is InChI=1S/C8H18O5SSi/c1-7(14)8(9)13-5-6-15(10-2,11-3)12-4/h7,14H,5-6H2,1-4H3. The van der Waals surface area contributed by atoms with Gasteiger partial charge < -0.3 is 18.0 Å². The molecule has 0 aromatic rings. The first kappa shape index (κ1) is 14.9. The van der Waals surface area contributed by atoms with Crippen LogP contribution in [0.5, 0.6) is 0 Å². The van der Waals surface area contributed by atoms with E-state index in [4.69, 9.17) is 18.0 Å². The highest BCUT2D eigenvalue weighted by Crippen LogP contribution is 2.12. The number of carbonyl (C=O) groups excluding carboxylic acids is 1. The van der Waals surface area contributed by atoms with E-state index in [1.165, 1.54) is 21.3 Å². The zero-order chi connectivity index (χ0) is 11.9. The van der Waals surface area contributed by atoms with Gasteiger partial charge in [-0.1, -0.05) is 0 Å². The lowest BCUT2D eigenvalue weighted by atomic mass is 10.5. The van der Waals surface area contributed by atoms with Gasteiger partial charge >= 0.3 is 14.8 Å². The maximum absolute atomic E-state index is 11.1. The minimum atomic E-state index is -2.62. The molecular weight excluding hydrogens is 236 g/mol. The summed E-state index contributed by atoms with van der Waals surface area (Å²) in [5, 5.41) is -0.422. The third-order valence-corrected chi connectivity index (χ3v) is 4.82. The van der Waals surface area contributed by atoms with Gasteiger partial charge in [-0.15, -0.1) is 0 Å². The molecule has 0 saturated heterocycles. The van der Waals surface area contributed by atoms with E-state index in [0.29, 0.717) is 6.04 Å². The molecule has 0 aliphatic carbocycles. The molecule has 15 heavy (non-hydrogen) atoms. The van der Waals surface area contributed by atoms with E-state index < -0.39 is 14.1 Å². The van der Waals surface area contributed by atoms with Gasteiger partial charge in [0.15, 0.2) is 0 Å². The monoisotopic (exact) mass is 254 g/mol. The maximum atomic E-state index is 11.1. The Balaban J connectivity index is 3.96. The highest BCUT2D eigenvalue weighted by Gasteiger charge is 2.37. The van der Waals surface area contributed by atoms with E-state index in [2.05, 4.69) is 12.6 Å². The molecular formula is C8H18O5SSi. The lowest BCUT2D eigenvalue weighted by molar-refractivity contribution is -0.142. The summed E-state index contributed by atoms with van der Waals surface area (Å²) >= 11 is 3.95. The Morgan fingerprint density at radius 2 is 1.73 bits per heavy atom. The average molecular weight is 254 g/mol. The van der Waals surface area contributed by atoms with Crippen LogP contribution in [0.2, 0.25) is 6.04 Å². The van der Waals surface area contributed by atoms with Gasteiger partial charge in [0.1, 0.15) is 0 Å². The Morgan fingerprint density at radius 3 is 2.07 bits per heavy atom.